The number of aryl methyl sites for hydroxylation is 1. The van der Waals surface area contributed by atoms with E-state index in [4.69, 9.17) is 4.84 Å². The number of nitrogens with one attached hydrogen (secondary N) is 1. The number of hydrogen-bond acceptors (Lipinski definition) is 4. The maximum absolute atomic E-state index is 5.52. The van der Waals surface area contributed by atoms with E-state index in [1.54, 1.807) is 11.3 Å². The molecule has 1 N–H and O–H groups in total. The first-order chi connectivity index (χ1) is 10.6. The molecule has 114 valence electrons. The molecule has 1 aliphatic rings. The van der Waals surface area contributed by atoms with Crippen molar-refractivity contribution in [3.8, 4) is 0 Å². The molecule has 0 saturated carbocycles. The Morgan fingerprint density at radius 2 is 2.14 bits per heavy atom. The van der Waals surface area contributed by atoms with Crippen LogP contribution < -0.4 is 5.32 Å². The van der Waals surface area contributed by atoms with Crippen molar-refractivity contribution in [1.82, 2.24) is 5.32 Å². The number of rotatable bonds is 5. The number of hydrogen-bond donors (Lipinski definition) is 1. The summed E-state index contributed by atoms with van der Waals surface area (Å²) in [7, 11) is 0. The molecule has 3 nitrogen and oxygen atoms in total. The highest BCUT2D eigenvalue weighted by Gasteiger charge is 2.22. The maximum atomic E-state index is 5.52. The summed E-state index contributed by atoms with van der Waals surface area (Å²) in [6.07, 6.45) is 0.863. The van der Waals surface area contributed by atoms with Gasteiger partial charge < -0.3 is 10.2 Å². The summed E-state index contributed by atoms with van der Waals surface area (Å²) in [5.41, 5.74) is 3.05. The van der Waals surface area contributed by atoms with E-state index in [-0.39, 0.29) is 6.10 Å². The van der Waals surface area contributed by atoms with Crippen LogP contribution in [0.5, 0.6) is 0 Å². The zero-order valence-corrected chi connectivity index (χ0v) is 14.7. The summed E-state index contributed by atoms with van der Waals surface area (Å²) in [5.74, 6) is 0. The second-order valence-corrected chi connectivity index (χ2v) is 7.45. The van der Waals surface area contributed by atoms with Gasteiger partial charge in [-0.1, -0.05) is 39.8 Å². The van der Waals surface area contributed by atoms with E-state index in [9.17, 15) is 0 Å². The van der Waals surface area contributed by atoms with Gasteiger partial charge in [0.15, 0.2) is 0 Å². The highest BCUT2D eigenvalue weighted by molar-refractivity contribution is 9.10. The van der Waals surface area contributed by atoms with Gasteiger partial charge in [0.2, 0.25) is 0 Å². The molecule has 0 radical (unpaired) electrons. The van der Waals surface area contributed by atoms with E-state index in [0.717, 1.165) is 27.9 Å². The van der Waals surface area contributed by atoms with Crippen LogP contribution in [0.2, 0.25) is 0 Å². The molecule has 0 aliphatic carbocycles. The standard InChI is InChI=1S/C17H17BrN2OS/c1-11-3-8-17(22-11)12(2)19-10-15-9-16(20-21-15)13-4-6-14(18)7-5-13/h3-8,15,19H,2,9-10H2,1H3. The van der Waals surface area contributed by atoms with Crippen molar-refractivity contribution in [2.24, 2.45) is 5.16 Å². The Kier molecular flexibility index (Phi) is 4.64. The lowest BCUT2D eigenvalue weighted by Crippen LogP contribution is -2.25. The minimum absolute atomic E-state index is 0.0523. The van der Waals surface area contributed by atoms with Crippen molar-refractivity contribution >= 4 is 38.7 Å². The molecule has 3 rings (SSSR count). The normalized spacial score (nSPS) is 17.0. The first-order valence-electron chi connectivity index (χ1n) is 7.10. The average molecular weight is 377 g/mol. The zero-order valence-electron chi connectivity index (χ0n) is 12.3. The van der Waals surface area contributed by atoms with E-state index in [1.165, 1.54) is 9.75 Å². The third-order valence-electron chi connectivity index (χ3n) is 3.49. The summed E-state index contributed by atoms with van der Waals surface area (Å²) in [6, 6.07) is 12.3. The lowest BCUT2D eigenvalue weighted by atomic mass is 10.1. The van der Waals surface area contributed by atoms with Crippen molar-refractivity contribution in [1.29, 1.82) is 0 Å². The van der Waals surface area contributed by atoms with Crippen LogP contribution in [0.1, 0.15) is 21.7 Å². The third kappa shape index (κ3) is 3.59. The molecule has 0 amide bonds. The Morgan fingerprint density at radius 3 is 2.82 bits per heavy atom. The van der Waals surface area contributed by atoms with Crippen LogP contribution in [0, 0.1) is 6.92 Å². The molecular weight excluding hydrogens is 360 g/mol. The molecule has 0 bridgehead atoms. The predicted octanol–water partition coefficient (Wildman–Crippen LogP) is 4.57. The van der Waals surface area contributed by atoms with Crippen LogP contribution in [0.25, 0.3) is 5.70 Å². The van der Waals surface area contributed by atoms with Gasteiger partial charge >= 0.3 is 0 Å². The van der Waals surface area contributed by atoms with Gasteiger partial charge in [-0.05, 0) is 36.8 Å². The Balaban J connectivity index is 1.52. The number of oxime groups is 1. The molecule has 0 spiro atoms. The van der Waals surface area contributed by atoms with Gasteiger partial charge in [-0.25, -0.2) is 0 Å². The monoisotopic (exact) mass is 376 g/mol. The summed E-state index contributed by atoms with van der Waals surface area (Å²) < 4.78 is 1.07. The molecule has 2 heterocycles. The summed E-state index contributed by atoms with van der Waals surface area (Å²) in [6.45, 7) is 6.89. The highest BCUT2D eigenvalue weighted by atomic mass is 79.9. The summed E-state index contributed by atoms with van der Waals surface area (Å²) in [4.78, 5) is 7.98. The van der Waals surface area contributed by atoms with Gasteiger partial charge in [0.25, 0.3) is 0 Å². The average Bonchev–Trinajstić information content (AvgIpc) is 3.15. The summed E-state index contributed by atoms with van der Waals surface area (Å²) in [5, 5.41) is 7.55. The van der Waals surface area contributed by atoms with Crippen LogP contribution in [-0.4, -0.2) is 18.4 Å². The SMILES string of the molecule is C=C(NCC1CC(c2ccc(Br)cc2)=NO1)c1ccc(C)s1. The molecule has 5 heteroatoms. The van der Waals surface area contributed by atoms with Crippen molar-refractivity contribution < 1.29 is 4.84 Å². The molecule has 1 aliphatic heterocycles. The van der Waals surface area contributed by atoms with E-state index >= 15 is 0 Å². The maximum Gasteiger partial charge on any atom is 0.150 e. The second kappa shape index (κ2) is 6.67. The lowest BCUT2D eigenvalue weighted by Gasteiger charge is -2.12. The van der Waals surface area contributed by atoms with Crippen molar-refractivity contribution in [2.45, 2.75) is 19.4 Å². The van der Waals surface area contributed by atoms with Crippen LogP contribution in [0.3, 0.4) is 0 Å². The first kappa shape index (κ1) is 15.3. The Labute approximate surface area is 142 Å². The highest BCUT2D eigenvalue weighted by Crippen LogP contribution is 2.22. The molecule has 1 unspecified atom stereocenters. The minimum Gasteiger partial charge on any atom is -0.390 e. The third-order valence-corrected chi connectivity index (χ3v) is 5.08. The Hall–Kier alpha value is -1.59. The smallest absolute Gasteiger partial charge is 0.150 e. The van der Waals surface area contributed by atoms with Gasteiger partial charge in [-0.3, -0.25) is 0 Å². The predicted molar refractivity (Wildman–Crippen MR) is 96.3 cm³/mol. The largest absolute Gasteiger partial charge is 0.390 e. The van der Waals surface area contributed by atoms with Crippen LogP contribution >= 0.6 is 27.3 Å². The molecule has 0 fully saturated rings. The van der Waals surface area contributed by atoms with E-state index in [2.05, 4.69) is 64.2 Å². The van der Waals surface area contributed by atoms with E-state index < -0.39 is 0 Å². The summed E-state index contributed by atoms with van der Waals surface area (Å²) >= 11 is 5.18. The van der Waals surface area contributed by atoms with E-state index in [1.807, 2.05) is 12.1 Å². The van der Waals surface area contributed by atoms with E-state index in [0.29, 0.717) is 6.54 Å². The van der Waals surface area contributed by atoms with Gasteiger partial charge in [-0.15, -0.1) is 11.3 Å². The fourth-order valence-corrected chi connectivity index (χ4v) is 3.35. The lowest BCUT2D eigenvalue weighted by molar-refractivity contribution is 0.0881. The second-order valence-electron chi connectivity index (χ2n) is 5.25. The zero-order chi connectivity index (χ0) is 15.5. The number of thiophene rings is 1. The van der Waals surface area contributed by atoms with Gasteiger partial charge in [0.1, 0.15) is 6.10 Å². The Bertz CT molecular complexity index is 706. The fourth-order valence-electron chi connectivity index (χ4n) is 2.27. The molecule has 0 saturated heterocycles. The topological polar surface area (TPSA) is 33.6 Å². The molecule has 1 aromatic heterocycles. The molecule has 1 atom stereocenters. The van der Waals surface area contributed by atoms with Crippen LogP contribution in [-0.2, 0) is 4.84 Å². The number of nitrogens with zero attached hydrogens (tertiary/aromatic N) is 1. The van der Waals surface area contributed by atoms with Crippen molar-refractivity contribution in [2.75, 3.05) is 6.54 Å². The molecule has 22 heavy (non-hydrogen) atoms. The van der Waals surface area contributed by atoms with Crippen LogP contribution in [0.4, 0.5) is 0 Å². The first-order valence-corrected chi connectivity index (χ1v) is 8.71. The number of benzene rings is 1. The number of halogens is 1. The Morgan fingerprint density at radius 1 is 1.36 bits per heavy atom. The minimum atomic E-state index is 0.0523. The quantitative estimate of drug-likeness (QED) is 0.828. The molecular formula is C17H17BrN2OS. The van der Waals surface area contributed by atoms with Gasteiger partial charge in [-0.2, -0.15) is 0 Å². The van der Waals surface area contributed by atoms with Crippen molar-refractivity contribution in [3.63, 3.8) is 0 Å². The van der Waals surface area contributed by atoms with Crippen molar-refractivity contribution in [3.05, 3.63) is 62.8 Å². The van der Waals surface area contributed by atoms with Crippen LogP contribution in [0.15, 0.2) is 52.6 Å². The van der Waals surface area contributed by atoms with Gasteiger partial charge in [0, 0.05) is 26.3 Å². The molecule has 1 aromatic carbocycles. The molecule has 2 aromatic rings. The fraction of sp³-hybridized carbons (Fsp3) is 0.235. The van der Waals surface area contributed by atoms with Gasteiger partial charge in [0.05, 0.1) is 12.3 Å².